The number of benzene rings is 1. The summed E-state index contributed by atoms with van der Waals surface area (Å²) in [5.74, 6) is 0.741. The van der Waals surface area contributed by atoms with E-state index in [1.807, 2.05) is 36.4 Å². The van der Waals surface area contributed by atoms with E-state index in [9.17, 15) is 4.79 Å². The van der Waals surface area contributed by atoms with Gasteiger partial charge in [0.15, 0.2) is 0 Å². The van der Waals surface area contributed by atoms with Crippen molar-refractivity contribution < 1.29 is 14.3 Å². The van der Waals surface area contributed by atoms with E-state index < -0.39 is 0 Å². The van der Waals surface area contributed by atoms with Gasteiger partial charge < -0.3 is 14.8 Å². The summed E-state index contributed by atoms with van der Waals surface area (Å²) < 4.78 is 11.2. The fourth-order valence-corrected chi connectivity index (χ4v) is 2.81. The molecule has 1 saturated carbocycles. The molecule has 0 atom stereocenters. The highest BCUT2D eigenvalue weighted by Gasteiger charge is 2.38. The van der Waals surface area contributed by atoms with E-state index >= 15 is 0 Å². The van der Waals surface area contributed by atoms with Crippen LogP contribution in [-0.4, -0.2) is 23.6 Å². The average Bonchev–Trinajstić information content (AvgIpc) is 2.58. The molecule has 1 amide bonds. The van der Waals surface area contributed by atoms with Gasteiger partial charge in [-0.15, -0.1) is 0 Å². The molecule has 1 fully saturated rings. The number of aromatic nitrogens is 1. The van der Waals surface area contributed by atoms with Gasteiger partial charge in [-0.3, -0.25) is 9.78 Å². The fourth-order valence-electron chi connectivity index (χ4n) is 2.81. The van der Waals surface area contributed by atoms with Crippen LogP contribution in [0.3, 0.4) is 0 Å². The molecular formula is C19H22N2O3. The number of ether oxygens (including phenoxy) is 2. The lowest BCUT2D eigenvalue weighted by Crippen LogP contribution is -2.42. The maximum absolute atomic E-state index is 12.1. The zero-order chi connectivity index (χ0) is 16.8. The lowest BCUT2D eigenvalue weighted by Gasteiger charge is -2.39. The third-order valence-corrected chi connectivity index (χ3v) is 4.45. The van der Waals surface area contributed by atoms with Gasteiger partial charge in [0.1, 0.15) is 12.4 Å². The van der Waals surface area contributed by atoms with Crippen LogP contribution in [0.25, 0.3) is 0 Å². The maximum Gasteiger partial charge on any atom is 0.227 e. The van der Waals surface area contributed by atoms with E-state index in [4.69, 9.17) is 9.47 Å². The van der Waals surface area contributed by atoms with Crippen LogP contribution >= 0.6 is 0 Å². The Morgan fingerprint density at radius 1 is 1.25 bits per heavy atom. The minimum atomic E-state index is -0.253. The van der Waals surface area contributed by atoms with Gasteiger partial charge in [-0.2, -0.15) is 0 Å². The van der Waals surface area contributed by atoms with Gasteiger partial charge in [-0.1, -0.05) is 6.07 Å². The van der Waals surface area contributed by atoms with E-state index in [-0.39, 0.29) is 11.5 Å². The minimum absolute atomic E-state index is 0.0134. The summed E-state index contributed by atoms with van der Waals surface area (Å²) in [6.45, 7) is 0.468. The fraction of sp³-hybridized carbons (Fsp3) is 0.368. The Bertz CT molecular complexity index is 661. The normalized spacial score (nSPS) is 15.4. The average molecular weight is 326 g/mol. The third kappa shape index (κ3) is 4.11. The zero-order valence-corrected chi connectivity index (χ0v) is 13.8. The topological polar surface area (TPSA) is 60.5 Å². The second-order valence-corrected chi connectivity index (χ2v) is 6.14. The molecule has 1 aromatic carbocycles. The predicted molar refractivity (Wildman–Crippen MR) is 91.8 cm³/mol. The molecule has 2 aromatic rings. The van der Waals surface area contributed by atoms with Crippen molar-refractivity contribution in [1.82, 2.24) is 4.98 Å². The van der Waals surface area contributed by atoms with Gasteiger partial charge in [0.2, 0.25) is 5.91 Å². The van der Waals surface area contributed by atoms with Crippen molar-refractivity contribution in [3.8, 4) is 5.75 Å². The molecule has 1 aliphatic carbocycles. The molecule has 24 heavy (non-hydrogen) atoms. The largest absolute Gasteiger partial charge is 0.489 e. The first-order valence-electron chi connectivity index (χ1n) is 8.16. The Hall–Kier alpha value is -2.40. The molecule has 1 N–H and O–H groups in total. The van der Waals surface area contributed by atoms with Crippen molar-refractivity contribution in [1.29, 1.82) is 0 Å². The van der Waals surface area contributed by atoms with Crippen LogP contribution in [0.2, 0.25) is 0 Å². The summed E-state index contributed by atoms with van der Waals surface area (Å²) >= 11 is 0. The summed E-state index contributed by atoms with van der Waals surface area (Å²) in [6, 6.07) is 11.2. The first-order valence-corrected chi connectivity index (χ1v) is 8.16. The van der Waals surface area contributed by atoms with Gasteiger partial charge in [0.05, 0.1) is 12.0 Å². The molecule has 0 radical (unpaired) electrons. The molecule has 0 bridgehead atoms. The summed E-state index contributed by atoms with van der Waals surface area (Å²) in [6.07, 6.45) is 6.96. The van der Waals surface area contributed by atoms with Crippen LogP contribution in [0.1, 0.15) is 31.2 Å². The Kier molecular flexibility index (Phi) is 5.11. The molecular weight excluding hydrogens is 304 g/mol. The van der Waals surface area contributed by atoms with Crippen molar-refractivity contribution in [2.75, 3.05) is 12.4 Å². The summed E-state index contributed by atoms with van der Waals surface area (Å²) in [5, 5.41) is 2.92. The Labute approximate surface area is 142 Å². The SMILES string of the molecule is COC1(CC(=O)Nc2ccc(OCc3cccnc3)cc2)CCC1. The molecule has 0 spiro atoms. The van der Waals surface area contributed by atoms with Crippen LogP contribution < -0.4 is 10.1 Å². The van der Waals surface area contributed by atoms with Crippen molar-refractivity contribution >= 4 is 11.6 Å². The summed E-state index contributed by atoms with van der Waals surface area (Å²) in [5.41, 5.74) is 1.52. The molecule has 5 nitrogen and oxygen atoms in total. The molecule has 1 aliphatic rings. The Morgan fingerprint density at radius 3 is 2.62 bits per heavy atom. The number of anilines is 1. The highest BCUT2D eigenvalue weighted by molar-refractivity contribution is 5.91. The van der Waals surface area contributed by atoms with Gasteiger partial charge >= 0.3 is 0 Å². The lowest BCUT2D eigenvalue weighted by molar-refractivity contribution is -0.129. The monoisotopic (exact) mass is 326 g/mol. The Balaban J connectivity index is 1.50. The third-order valence-electron chi connectivity index (χ3n) is 4.45. The van der Waals surface area contributed by atoms with Crippen molar-refractivity contribution in [3.63, 3.8) is 0 Å². The van der Waals surface area contributed by atoms with E-state index in [2.05, 4.69) is 10.3 Å². The maximum atomic E-state index is 12.1. The number of hydrogen-bond donors (Lipinski definition) is 1. The quantitative estimate of drug-likeness (QED) is 0.845. The predicted octanol–water partition coefficient (Wildman–Crippen LogP) is 3.56. The molecule has 5 heteroatoms. The molecule has 1 aromatic heterocycles. The Morgan fingerprint density at radius 2 is 2.04 bits per heavy atom. The minimum Gasteiger partial charge on any atom is -0.489 e. The highest BCUT2D eigenvalue weighted by Crippen LogP contribution is 2.38. The van der Waals surface area contributed by atoms with Gasteiger partial charge in [0.25, 0.3) is 0 Å². The van der Waals surface area contributed by atoms with E-state index in [1.165, 1.54) is 0 Å². The van der Waals surface area contributed by atoms with E-state index in [0.29, 0.717) is 13.0 Å². The van der Waals surface area contributed by atoms with E-state index in [1.54, 1.807) is 19.5 Å². The number of rotatable bonds is 7. The molecule has 0 unspecified atom stereocenters. The molecule has 1 heterocycles. The van der Waals surface area contributed by atoms with Crippen molar-refractivity contribution in [2.45, 2.75) is 37.9 Å². The van der Waals surface area contributed by atoms with Gasteiger partial charge in [0, 0.05) is 30.8 Å². The second-order valence-electron chi connectivity index (χ2n) is 6.14. The first-order chi connectivity index (χ1) is 11.7. The number of nitrogens with zero attached hydrogens (tertiary/aromatic N) is 1. The zero-order valence-electron chi connectivity index (χ0n) is 13.8. The number of carbonyl (C=O) groups is 1. The van der Waals surface area contributed by atoms with Crippen LogP contribution in [-0.2, 0) is 16.1 Å². The van der Waals surface area contributed by atoms with Gasteiger partial charge in [-0.05, 0) is 49.6 Å². The van der Waals surface area contributed by atoms with Crippen LogP contribution in [0.5, 0.6) is 5.75 Å². The van der Waals surface area contributed by atoms with Crippen LogP contribution in [0.15, 0.2) is 48.8 Å². The van der Waals surface area contributed by atoms with Crippen LogP contribution in [0.4, 0.5) is 5.69 Å². The summed E-state index contributed by atoms with van der Waals surface area (Å²) in [7, 11) is 1.68. The van der Waals surface area contributed by atoms with Gasteiger partial charge in [-0.25, -0.2) is 0 Å². The van der Waals surface area contributed by atoms with E-state index in [0.717, 1.165) is 36.3 Å². The highest BCUT2D eigenvalue weighted by atomic mass is 16.5. The number of pyridine rings is 1. The number of amides is 1. The molecule has 0 saturated heterocycles. The first kappa shape index (κ1) is 16.5. The number of carbonyl (C=O) groups excluding carboxylic acids is 1. The number of nitrogens with one attached hydrogen (secondary N) is 1. The molecule has 0 aliphatic heterocycles. The smallest absolute Gasteiger partial charge is 0.227 e. The second kappa shape index (κ2) is 7.45. The lowest BCUT2D eigenvalue weighted by atomic mass is 9.77. The van der Waals surface area contributed by atoms with Crippen molar-refractivity contribution in [3.05, 3.63) is 54.4 Å². The van der Waals surface area contributed by atoms with Crippen LogP contribution in [0, 0.1) is 0 Å². The number of methoxy groups -OCH3 is 1. The van der Waals surface area contributed by atoms with Crippen molar-refractivity contribution in [2.24, 2.45) is 0 Å². The summed E-state index contributed by atoms with van der Waals surface area (Å²) in [4.78, 5) is 16.2. The molecule has 3 rings (SSSR count). The standard InChI is InChI=1S/C19H22N2O3/c1-23-19(9-3-10-19)12-18(22)21-16-5-7-17(8-6-16)24-14-15-4-2-11-20-13-15/h2,4-8,11,13H,3,9-10,12,14H2,1H3,(H,21,22). The molecule has 126 valence electrons. The number of hydrogen-bond acceptors (Lipinski definition) is 4.